The molecule has 2 aromatic carbocycles. The highest BCUT2D eigenvalue weighted by atomic mass is 32.1. The molecule has 25 heavy (non-hydrogen) atoms. The quantitative estimate of drug-likeness (QED) is 0.762. The number of carbonyl (C=O) groups excluding carboxylic acids is 1. The van der Waals surface area contributed by atoms with Gasteiger partial charge >= 0.3 is 0 Å². The molecule has 1 amide bonds. The average molecular weight is 352 g/mol. The molecule has 3 aromatic rings. The smallest absolute Gasteiger partial charge is 0.243 e. The molecule has 0 aliphatic carbocycles. The van der Waals surface area contributed by atoms with Crippen LogP contribution in [0.5, 0.6) is 5.75 Å². The Morgan fingerprint density at radius 2 is 2.08 bits per heavy atom. The molecule has 126 valence electrons. The van der Waals surface area contributed by atoms with Gasteiger partial charge in [0.15, 0.2) is 5.13 Å². The van der Waals surface area contributed by atoms with E-state index in [1.54, 1.807) is 36.3 Å². The number of methoxy groups -OCH3 is 1. The van der Waals surface area contributed by atoms with Crippen LogP contribution in [-0.4, -0.2) is 31.6 Å². The Kier molecular flexibility index (Phi) is 4.82. The number of aromatic nitrogens is 1. The minimum absolute atomic E-state index is 0.154. The monoisotopic (exact) mass is 352 g/mol. The van der Waals surface area contributed by atoms with Gasteiger partial charge in [0.1, 0.15) is 11.3 Å². The van der Waals surface area contributed by atoms with Crippen LogP contribution < -0.4 is 15.0 Å². The third kappa shape index (κ3) is 3.70. The highest BCUT2D eigenvalue weighted by Crippen LogP contribution is 2.33. The minimum Gasteiger partial charge on any atom is -0.494 e. The number of anilines is 2. The van der Waals surface area contributed by atoms with Gasteiger partial charge in [-0.15, -0.1) is 0 Å². The molecule has 0 spiro atoms. The molecule has 0 atom stereocenters. The van der Waals surface area contributed by atoms with Crippen molar-refractivity contribution in [2.24, 2.45) is 0 Å². The van der Waals surface area contributed by atoms with Gasteiger partial charge in [0.25, 0.3) is 0 Å². The van der Waals surface area contributed by atoms with Crippen molar-refractivity contribution < 1.29 is 9.53 Å². The van der Waals surface area contributed by atoms with E-state index in [0.717, 1.165) is 21.1 Å². The maximum Gasteiger partial charge on any atom is 0.243 e. The molecule has 1 aromatic heterocycles. The van der Waals surface area contributed by atoms with Gasteiger partial charge in [0.2, 0.25) is 5.91 Å². The van der Waals surface area contributed by atoms with Crippen molar-refractivity contribution in [1.82, 2.24) is 4.98 Å². The highest BCUT2D eigenvalue weighted by Gasteiger charge is 2.14. The van der Waals surface area contributed by atoms with Gasteiger partial charge in [-0.1, -0.05) is 17.4 Å². The Bertz CT molecular complexity index is 944. The number of benzene rings is 2. The molecule has 0 unspecified atom stereocenters. The number of para-hydroxylation sites is 1. The van der Waals surface area contributed by atoms with Crippen molar-refractivity contribution in [1.29, 1.82) is 5.26 Å². The van der Waals surface area contributed by atoms with Crippen LogP contribution in [0, 0.1) is 11.3 Å². The molecule has 7 heteroatoms. The third-order valence-electron chi connectivity index (χ3n) is 3.60. The van der Waals surface area contributed by atoms with Crippen molar-refractivity contribution in [2.45, 2.75) is 0 Å². The Morgan fingerprint density at radius 1 is 1.32 bits per heavy atom. The molecular weight excluding hydrogens is 336 g/mol. The Balaban J connectivity index is 1.69. The number of likely N-dealkylation sites (N-methyl/N-ethyl adjacent to an activating group) is 1. The minimum atomic E-state index is -0.154. The van der Waals surface area contributed by atoms with Crippen LogP contribution in [0.15, 0.2) is 42.5 Å². The van der Waals surface area contributed by atoms with E-state index < -0.39 is 0 Å². The molecule has 0 saturated heterocycles. The molecule has 0 saturated carbocycles. The number of hydrogen-bond acceptors (Lipinski definition) is 6. The Hall–Kier alpha value is -3.11. The van der Waals surface area contributed by atoms with Crippen LogP contribution in [0.3, 0.4) is 0 Å². The van der Waals surface area contributed by atoms with Gasteiger partial charge < -0.3 is 15.0 Å². The lowest BCUT2D eigenvalue weighted by Crippen LogP contribution is -2.29. The topological polar surface area (TPSA) is 78.2 Å². The number of carbonyl (C=O) groups is 1. The summed E-state index contributed by atoms with van der Waals surface area (Å²) in [5.74, 6) is 0.564. The molecule has 6 nitrogen and oxygen atoms in total. The van der Waals surface area contributed by atoms with Crippen LogP contribution in [0.1, 0.15) is 5.56 Å². The fourth-order valence-electron chi connectivity index (χ4n) is 2.35. The van der Waals surface area contributed by atoms with Crippen LogP contribution in [0.4, 0.5) is 10.8 Å². The fourth-order valence-corrected chi connectivity index (χ4v) is 3.29. The number of nitrogens with zero attached hydrogens (tertiary/aromatic N) is 3. The molecular formula is C18H16N4O2S. The van der Waals surface area contributed by atoms with Crippen molar-refractivity contribution in [3.63, 3.8) is 0 Å². The lowest BCUT2D eigenvalue weighted by Gasteiger charge is -2.15. The van der Waals surface area contributed by atoms with Crippen LogP contribution in [-0.2, 0) is 4.79 Å². The summed E-state index contributed by atoms with van der Waals surface area (Å²) >= 11 is 1.51. The fraction of sp³-hybridized carbons (Fsp3) is 0.167. The van der Waals surface area contributed by atoms with Gasteiger partial charge in [0, 0.05) is 12.7 Å². The van der Waals surface area contributed by atoms with E-state index in [-0.39, 0.29) is 12.5 Å². The van der Waals surface area contributed by atoms with Gasteiger partial charge in [-0.05, 0) is 36.4 Å². The van der Waals surface area contributed by atoms with Crippen molar-refractivity contribution >= 4 is 38.3 Å². The highest BCUT2D eigenvalue weighted by molar-refractivity contribution is 7.22. The Labute approximate surface area is 149 Å². The summed E-state index contributed by atoms with van der Waals surface area (Å²) in [6.07, 6.45) is 0. The lowest BCUT2D eigenvalue weighted by molar-refractivity contribution is -0.114. The van der Waals surface area contributed by atoms with Crippen LogP contribution in [0.2, 0.25) is 0 Å². The predicted octanol–water partition coefficient (Wildman–Crippen LogP) is 3.25. The van der Waals surface area contributed by atoms with E-state index >= 15 is 0 Å². The zero-order valence-electron chi connectivity index (χ0n) is 13.8. The van der Waals surface area contributed by atoms with Crippen molar-refractivity contribution in [3.05, 3.63) is 48.0 Å². The molecule has 1 heterocycles. The normalized spacial score (nSPS) is 10.3. The molecule has 0 aliphatic rings. The summed E-state index contributed by atoms with van der Waals surface area (Å²) in [6.45, 7) is 0.169. The number of fused-ring (bicyclic) bond motifs is 1. The molecule has 0 radical (unpaired) electrons. The second-order valence-electron chi connectivity index (χ2n) is 5.40. The number of ether oxygens (including phenoxy) is 1. The first-order chi connectivity index (χ1) is 12.1. The molecule has 0 aliphatic heterocycles. The number of nitrogens with one attached hydrogen (secondary N) is 1. The maximum absolute atomic E-state index is 12.2. The van der Waals surface area contributed by atoms with Crippen LogP contribution in [0.25, 0.3) is 10.2 Å². The van der Waals surface area contributed by atoms with Gasteiger partial charge in [0.05, 0.1) is 30.0 Å². The lowest BCUT2D eigenvalue weighted by atomic mass is 10.2. The van der Waals surface area contributed by atoms with E-state index in [0.29, 0.717) is 11.3 Å². The maximum atomic E-state index is 12.2. The zero-order chi connectivity index (χ0) is 17.8. The van der Waals surface area contributed by atoms with E-state index in [1.807, 2.05) is 31.3 Å². The summed E-state index contributed by atoms with van der Waals surface area (Å²) in [7, 11) is 3.44. The first kappa shape index (κ1) is 16.7. The largest absolute Gasteiger partial charge is 0.494 e. The summed E-state index contributed by atoms with van der Waals surface area (Å²) in [4.78, 5) is 18.6. The predicted molar refractivity (Wildman–Crippen MR) is 99.2 cm³/mol. The van der Waals surface area contributed by atoms with Crippen molar-refractivity contribution in [2.75, 3.05) is 30.9 Å². The molecule has 0 bridgehead atoms. The molecule has 0 fully saturated rings. The Morgan fingerprint density at radius 3 is 2.76 bits per heavy atom. The number of rotatable bonds is 5. The first-order valence-electron chi connectivity index (χ1n) is 7.55. The second kappa shape index (κ2) is 7.20. The zero-order valence-corrected chi connectivity index (χ0v) is 14.6. The van der Waals surface area contributed by atoms with E-state index in [9.17, 15) is 4.79 Å². The van der Waals surface area contributed by atoms with Crippen molar-refractivity contribution in [3.8, 4) is 11.8 Å². The summed E-state index contributed by atoms with van der Waals surface area (Å²) in [5, 5.41) is 12.4. The first-order valence-corrected chi connectivity index (χ1v) is 8.37. The molecule has 3 rings (SSSR count). The van der Waals surface area contributed by atoms with E-state index in [1.165, 1.54) is 11.3 Å². The number of hydrogen-bond donors (Lipinski definition) is 1. The summed E-state index contributed by atoms with van der Waals surface area (Å²) < 4.78 is 6.33. The number of amides is 1. The van der Waals surface area contributed by atoms with Crippen LogP contribution >= 0.6 is 11.3 Å². The summed E-state index contributed by atoms with van der Waals surface area (Å²) in [6, 6.07) is 14.5. The van der Waals surface area contributed by atoms with Gasteiger partial charge in [-0.2, -0.15) is 5.26 Å². The van der Waals surface area contributed by atoms with E-state index in [4.69, 9.17) is 10.00 Å². The SMILES string of the molecule is COc1cccc2sc(N(C)CC(=O)Nc3ccc(C#N)cc3)nc12. The van der Waals surface area contributed by atoms with Gasteiger partial charge in [-0.25, -0.2) is 4.98 Å². The second-order valence-corrected chi connectivity index (χ2v) is 6.41. The summed E-state index contributed by atoms with van der Waals surface area (Å²) in [5.41, 5.74) is 2.01. The number of thiazole rings is 1. The number of nitriles is 1. The van der Waals surface area contributed by atoms with E-state index in [2.05, 4.69) is 10.3 Å². The third-order valence-corrected chi connectivity index (χ3v) is 4.73. The molecule has 1 N–H and O–H groups in total. The standard InChI is InChI=1S/C18H16N4O2S/c1-22(11-16(23)20-13-8-6-12(10-19)7-9-13)18-21-17-14(24-2)4-3-5-15(17)25-18/h3-9H,11H2,1-2H3,(H,20,23). The average Bonchev–Trinajstić information content (AvgIpc) is 3.06. The van der Waals surface area contributed by atoms with Gasteiger partial charge in [-0.3, -0.25) is 4.79 Å².